The van der Waals surface area contributed by atoms with Gasteiger partial charge < -0.3 is 10.6 Å². The summed E-state index contributed by atoms with van der Waals surface area (Å²) in [5.74, 6) is 1.70. The van der Waals surface area contributed by atoms with Gasteiger partial charge >= 0.3 is 0 Å². The van der Waals surface area contributed by atoms with Crippen LogP contribution in [-0.2, 0) is 6.54 Å². The predicted octanol–water partition coefficient (Wildman–Crippen LogP) is 3.18. The van der Waals surface area contributed by atoms with Gasteiger partial charge in [0.1, 0.15) is 5.82 Å². The van der Waals surface area contributed by atoms with Crippen LogP contribution in [0.3, 0.4) is 0 Å². The molecule has 19 heavy (non-hydrogen) atoms. The largest absolute Gasteiger partial charge is 0.359 e. The molecule has 3 nitrogen and oxygen atoms in total. The maximum atomic E-state index is 5.76. The van der Waals surface area contributed by atoms with E-state index in [9.17, 15) is 0 Å². The molecule has 2 rings (SSSR count). The minimum atomic E-state index is 0.481. The molecule has 0 fully saturated rings. The van der Waals surface area contributed by atoms with Crippen molar-refractivity contribution in [1.29, 1.82) is 0 Å². The Balaban J connectivity index is 2.45. The minimum Gasteiger partial charge on any atom is -0.359 e. The molecular weight excluding hydrogens is 234 g/mol. The molecule has 0 bridgehead atoms. The van der Waals surface area contributed by atoms with Gasteiger partial charge in [0.15, 0.2) is 0 Å². The van der Waals surface area contributed by atoms with Crippen LogP contribution in [0.2, 0.25) is 0 Å². The van der Waals surface area contributed by atoms with Crippen LogP contribution in [0.25, 0.3) is 10.8 Å². The standard InChI is InChI=1S/C16H23N3/c1-4-12(2)11-19(3)16-15-8-6-5-7-13(15)9-14(10-17)18-16/h5-9,12H,4,10-11,17H2,1-3H3. The molecule has 2 N–H and O–H groups in total. The first kappa shape index (κ1) is 13.8. The van der Waals surface area contributed by atoms with Gasteiger partial charge in [0.2, 0.25) is 0 Å². The van der Waals surface area contributed by atoms with Crippen molar-refractivity contribution in [3.8, 4) is 0 Å². The van der Waals surface area contributed by atoms with Crippen LogP contribution in [0.1, 0.15) is 26.0 Å². The summed E-state index contributed by atoms with van der Waals surface area (Å²) in [6.07, 6.45) is 1.18. The first-order chi connectivity index (χ1) is 9.15. The van der Waals surface area contributed by atoms with E-state index in [1.54, 1.807) is 0 Å². The van der Waals surface area contributed by atoms with E-state index in [0.29, 0.717) is 12.5 Å². The molecule has 1 heterocycles. The molecule has 0 amide bonds. The highest BCUT2D eigenvalue weighted by Gasteiger charge is 2.11. The normalized spacial score (nSPS) is 12.6. The van der Waals surface area contributed by atoms with Gasteiger partial charge in [0.05, 0.1) is 5.69 Å². The Kier molecular flexibility index (Phi) is 4.38. The van der Waals surface area contributed by atoms with Crippen molar-refractivity contribution in [3.63, 3.8) is 0 Å². The molecule has 1 aromatic carbocycles. The maximum absolute atomic E-state index is 5.76. The molecule has 2 aromatic rings. The zero-order chi connectivity index (χ0) is 13.8. The number of nitrogens with zero attached hydrogens (tertiary/aromatic N) is 2. The van der Waals surface area contributed by atoms with Crippen molar-refractivity contribution in [3.05, 3.63) is 36.0 Å². The van der Waals surface area contributed by atoms with E-state index in [1.807, 2.05) is 0 Å². The van der Waals surface area contributed by atoms with Crippen LogP contribution in [0.15, 0.2) is 30.3 Å². The van der Waals surface area contributed by atoms with E-state index in [2.05, 4.69) is 56.1 Å². The van der Waals surface area contributed by atoms with Crippen LogP contribution in [0.4, 0.5) is 5.82 Å². The van der Waals surface area contributed by atoms with E-state index in [0.717, 1.165) is 18.1 Å². The SMILES string of the molecule is CCC(C)CN(C)c1nc(CN)cc2ccccc12. The molecule has 0 saturated carbocycles. The van der Waals surface area contributed by atoms with Gasteiger partial charge in [-0.05, 0) is 17.4 Å². The Labute approximate surface area is 115 Å². The maximum Gasteiger partial charge on any atom is 0.136 e. The Hall–Kier alpha value is -1.61. The predicted molar refractivity (Wildman–Crippen MR) is 82.4 cm³/mol. The summed E-state index contributed by atoms with van der Waals surface area (Å²) in [5, 5.41) is 2.41. The average molecular weight is 257 g/mol. The van der Waals surface area contributed by atoms with E-state index in [-0.39, 0.29) is 0 Å². The van der Waals surface area contributed by atoms with E-state index < -0.39 is 0 Å². The molecule has 0 saturated heterocycles. The first-order valence-electron chi connectivity index (χ1n) is 6.95. The molecule has 1 aromatic heterocycles. The van der Waals surface area contributed by atoms with Gasteiger partial charge in [-0.2, -0.15) is 0 Å². The number of rotatable bonds is 5. The minimum absolute atomic E-state index is 0.481. The highest BCUT2D eigenvalue weighted by molar-refractivity contribution is 5.92. The van der Waals surface area contributed by atoms with Crippen molar-refractivity contribution in [2.45, 2.75) is 26.8 Å². The summed E-state index contributed by atoms with van der Waals surface area (Å²) in [5.41, 5.74) is 6.71. The number of anilines is 1. The molecule has 1 atom stereocenters. The summed E-state index contributed by atoms with van der Waals surface area (Å²) < 4.78 is 0. The lowest BCUT2D eigenvalue weighted by molar-refractivity contribution is 0.558. The topological polar surface area (TPSA) is 42.2 Å². The molecule has 1 unspecified atom stereocenters. The number of pyridine rings is 1. The van der Waals surface area contributed by atoms with Crippen LogP contribution in [0, 0.1) is 5.92 Å². The van der Waals surface area contributed by atoms with Gasteiger partial charge in [-0.25, -0.2) is 4.98 Å². The summed E-state index contributed by atoms with van der Waals surface area (Å²) >= 11 is 0. The second-order valence-corrected chi connectivity index (χ2v) is 5.26. The second kappa shape index (κ2) is 6.02. The lowest BCUT2D eigenvalue weighted by Gasteiger charge is -2.23. The van der Waals surface area contributed by atoms with Gasteiger partial charge in [-0.15, -0.1) is 0 Å². The lowest BCUT2D eigenvalue weighted by Crippen LogP contribution is -2.25. The van der Waals surface area contributed by atoms with Crippen molar-refractivity contribution in [2.75, 3.05) is 18.5 Å². The van der Waals surface area contributed by atoms with Crippen molar-refractivity contribution < 1.29 is 0 Å². The number of benzene rings is 1. The van der Waals surface area contributed by atoms with Crippen molar-refractivity contribution in [2.24, 2.45) is 11.7 Å². The van der Waals surface area contributed by atoms with Gasteiger partial charge in [0.25, 0.3) is 0 Å². The van der Waals surface area contributed by atoms with Gasteiger partial charge in [-0.1, -0.05) is 44.5 Å². The van der Waals surface area contributed by atoms with Crippen molar-refractivity contribution >= 4 is 16.6 Å². The first-order valence-corrected chi connectivity index (χ1v) is 6.95. The fraction of sp³-hybridized carbons (Fsp3) is 0.438. The number of hydrogen-bond acceptors (Lipinski definition) is 3. The Bertz CT molecular complexity index is 551. The Morgan fingerprint density at radius 3 is 2.74 bits per heavy atom. The number of hydrogen-bond donors (Lipinski definition) is 1. The third-order valence-corrected chi connectivity index (χ3v) is 3.63. The van der Waals surface area contributed by atoms with E-state index in [1.165, 1.54) is 17.2 Å². The molecule has 0 radical (unpaired) electrons. The van der Waals surface area contributed by atoms with Crippen LogP contribution in [-0.4, -0.2) is 18.6 Å². The van der Waals surface area contributed by atoms with Crippen molar-refractivity contribution in [1.82, 2.24) is 4.98 Å². The third kappa shape index (κ3) is 3.04. The highest BCUT2D eigenvalue weighted by Crippen LogP contribution is 2.25. The fourth-order valence-electron chi connectivity index (χ4n) is 2.31. The fourth-order valence-corrected chi connectivity index (χ4v) is 2.31. The summed E-state index contributed by atoms with van der Waals surface area (Å²) in [6.45, 7) is 5.99. The summed E-state index contributed by atoms with van der Waals surface area (Å²) in [6, 6.07) is 10.4. The smallest absolute Gasteiger partial charge is 0.136 e. The quantitative estimate of drug-likeness (QED) is 0.894. The molecule has 0 aliphatic carbocycles. The van der Waals surface area contributed by atoms with E-state index in [4.69, 9.17) is 10.7 Å². The number of nitrogens with two attached hydrogens (primary N) is 1. The van der Waals surface area contributed by atoms with Gasteiger partial charge in [0, 0.05) is 25.5 Å². The Morgan fingerprint density at radius 1 is 1.32 bits per heavy atom. The monoisotopic (exact) mass is 257 g/mol. The van der Waals surface area contributed by atoms with Crippen LogP contribution in [0.5, 0.6) is 0 Å². The van der Waals surface area contributed by atoms with E-state index >= 15 is 0 Å². The molecular formula is C16H23N3. The zero-order valence-corrected chi connectivity index (χ0v) is 12.1. The molecule has 0 aliphatic rings. The Morgan fingerprint density at radius 2 is 2.05 bits per heavy atom. The average Bonchev–Trinajstić information content (AvgIpc) is 2.45. The number of fused-ring (bicyclic) bond motifs is 1. The second-order valence-electron chi connectivity index (χ2n) is 5.26. The lowest BCUT2D eigenvalue weighted by atomic mass is 10.1. The zero-order valence-electron chi connectivity index (χ0n) is 12.1. The molecule has 0 spiro atoms. The summed E-state index contributed by atoms with van der Waals surface area (Å²) in [7, 11) is 2.11. The van der Waals surface area contributed by atoms with Gasteiger partial charge in [-0.3, -0.25) is 0 Å². The summed E-state index contributed by atoms with van der Waals surface area (Å²) in [4.78, 5) is 6.95. The molecule has 0 aliphatic heterocycles. The highest BCUT2D eigenvalue weighted by atomic mass is 15.2. The third-order valence-electron chi connectivity index (χ3n) is 3.63. The van der Waals surface area contributed by atoms with Crippen LogP contribution < -0.4 is 10.6 Å². The molecule has 102 valence electrons. The number of aromatic nitrogens is 1. The van der Waals surface area contributed by atoms with Crippen LogP contribution >= 0.6 is 0 Å². The molecule has 3 heteroatoms.